The molecule has 0 N–H and O–H groups in total. The highest BCUT2D eigenvalue weighted by atomic mass is 35.5. The van der Waals surface area contributed by atoms with Gasteiger partial charge in [-0.05, 0) is 17.7 Å². The lowest BCUT2D eigenvalue weighted by molar-refractivity contribution is -0.130. The maximum atomic E-state index is 12.2. The molecule has 1 amide bonds. The Morgan fingerprint density at radius 1 is 1.41 bits per heavy atom. The summed E-state index contributed by atoms with van der Waals surface area (Å²) in [6, 6.07) is 6.75. The van der Waals surface area contributed by atoms with E-state index in [4.69, 9.17) is 34.8 Å². The first-order valence-electron chi connectivity index (χ1n) is 5.03. The molecule has 17 heavy (non-hydrogen) atoms. The second kappa shape index (κ2) is 5.27. The SMILES string of the molecule is O=C(N1CCSC1)C(Cl)(Cl)c1cccc(Cl)c1. The minimum absolute atomic E-state index is 0.284. The van der Waals surface area contributed by atoms with Gasteiger partial charge in [-0.1, -0.05) is 46.9 Å². The molecule has 0 radical (unpaired) electrons. The number of carbonyl (C=O) groups excluding carboxylic acids is 1. The number of amides is 1. The highest BCUT2D eigenvalue weighted by Crippen LogP contribution is 2.38. The third-order valence-electron chi connectivity index (χ3n) is 2.50. The van der Waals surface area contributed by atoms with Gasteiger partial charge >= 0.3 is 0 Å². The van der Waals surface area contributed by atoms with Crippen molar-refractivity contribution in [1.82, 2.24) is 4.90 Å². The van der Waals surface area contributed by atoms with E-state index in [1.54, 1.807) is 40.9 Å². The van der Waals surface area contributed by atoms with Gasteiger partial charge in [0.15, 0.2) is 0 Å². The highest BCUT2D eigenvalue weighted by molar-refractivity contribution is 7.99. The third kappa shape index (κ3) is 2.84. The summed E-state index contributed by atoms with van der Waals surface area (Å²) in [7, 11) is 0. The summed E-state index contributed by atoms with van der Waals surface area (Å²) in [5.41, 5.74) is 0.509. The molecule has 1 saturated heterocycles. The molecule has 0 aliphatic carbocycles. The summed E-state index contributed by atoms with van der Waals surface area (Å²) in [6.45, 7) is 0.686. The van der Waals surface area contributed by atoms with Crippen LogP contribution in [0.25, 0.3) is 0 Å². The molecule has 0 bridgehead atoms. The quantitative estimate of drug-likeness (QED) is 0.779. The molecular formula is C11H10Cl3NOS. The summed E-state index contributed by atoms with van der Waals surface area (Å²) in [5.74, 6) is 1.28. The fraction of sp³-hybridized carbons (Fsp3) is 0.364. The fourth-order valence-electron chi connectivity index (χ4n) is 1.58. The van der Waals surface area contributed by atoms with Crippen LogP contribution >= 0.6 is 46.6 Å². The number of benzene rings is 1. The van der Waals surface area contributed by atoms with Crippen LogP contribution < -0.4 is 0 Å². The number of rotatable bonds is 2. The first-order valence-corrected chi connectivity index (χ1v) is 7.31. The van der Waals surface area contributed by atoms with Crippen molar-refractivity contribution < 1.29 is 4.79 Å². The molecular weight excluding hydrogens is 301 g/mol. The molecule has 1 aromatic carbocycles. The molecule has 2 nitrogen and oxygen atoms in total. The monoisotopic (exact) mass is 309 g/mol. The number of alkyl halides is 2. The largest absolute Gasteiger partial charge is 0.330 e. The molecule has 2 rings (SSSR count). The molecule has 1 fully saturated rings. The zero-order valence-electron chi connectivity index (χ0n) is 8.83. The van der Waals surface area contributed by atoms with E-state index in [9.17, 15) is 4.79 Å². The van der Waals surface area contributed by atoms with Gasteiger partial charge in [-0.15, -0.1) is 11.8 Å². The fourth-order valence-corrected chi connectivity index (χ4v) is 3.19. The van der Waals surface area contributed by atoms with E-state index in [-0.39, 0.29) is 5.91 Å². The van der Waals surface area contributed by atoms with Gasteiger partial charge in [0.2, 0.25) is 4.33 Å². The van der Waals surface area contributed by atoms with Crippen LogP contribution in [0.3, 0.4) is 0 Å². The number of thioether (sulfide) groups is 1. The van der Waals surface area contributed by atoms with Crippen molar-refractivity contribution in [3.05, 3.63) is 34.9 Å². The number of carbonyl (C=O) groups is 1. The van der Waals surface area contributed by atoms with Gasteiger partial charge < -0.3 is 4.90 Å². The van der Waals surface area contributed by atoms with Crippen LogP contribution in [0, 0.1) is 0 Å². The second-order valence-corrected chi connectivity index (χ2v) is 6.53. The highest BCUT2D eigenvalue weighted by Gasteiger charge is 2.40. The van der Waals surface area contributed by atoms with Crippen molar-refractivity contribution in [3.63, 3.8) is 0 Å². The van der Waals surface area contributed by atoms with Crippen molar-refractivity contribution in [2.75, 3.05) is 18.2 Å². The van der Waals surface area contributed by atoms with Crippen LogP contribution in [-0.4, -0.2) is 29.0 Å². The average molecular weight is 311 g/mol. The predicted molar refractivity (Wildman–Crippen MR) is 73.9 cm³/mol. The third-order valence-corrected chi connectivity index (χ3v) is 4.46. The van der Waals surface area contributed by atoms with E-state index in [1.807, 2.05) is 0 Å². The molecule has 0 spiro atoms. The molecule has 1 aromatic rings. The van der Waals surface area contributed by atoms with Crippen LogP contribution in [0.4, 0.5) is 0 Å². The van der Waals surface area contributed by atoms with Crippen molar-refractivity contribution in [3.8, 4) is 0 Å². The van der Waals surface area contributed by atoms with Crippen molar-refractivity contribution in [1.29, 1.82) is 0 Å². The summed E-state index contributed by atoms with van der Waals surface area (Å²) in [6.07, 6.45) is 0. The Morgan fingerprint density at radius 3 is 2.76 bits per heavy atom. The smallest absolute Gasteiger partial charge is 0.264 e. The lowest BCUT2D eigenvalue weighted by Crippen LogP contribution is -2.39. The summed E-state index contributed by atoms with van der Waals surface area (Å²) in [4.78, 5) is 13.8. The lowest BCUT2D eigenvalue weighted by atomic mass is 10.1. The normalized spacial score (nSPS) is 16.3. The van der Waals surface area contributed by atoms with E-state index in [2.05, 4.69) is 0 Å². The summed E-state index contributed by atoms with van der Waals surface area (Å²) < 4.78 is -1.56. The van der Waals surface area contributed by atoms with Gasteiger partial charge in [-0.2, -0.15) is 0 Å². The van der Waals surface area contributed by atoms with Gasteiger partial charge in [0, 0.05) is 17.3 Å². The molecule has 1 heterocycles. The summed E-state index contributed by atoms with van der Waals surface area (Å²) in [5, 5.41) is 0.511. The van der Waals surface area contributed by atoms with Crippen molar-refractivity contribution in [2.45, 2.75) is 4.33 Å². The number of hydrogen-bond acceptors (Lipinski definition) is 2. The second-order valence-electron chi connectivity index (χ2n) is 3.69. The Hall–Kier alpha value is -0.0900. The van der Waals surface area contributed by atoms with Gasteiger partial charge in [0.05, 0.1) is 5.88 Å². The maximum Gasteiger partial charge on any atom is 0.264 e. The van der Waals surface area contributed by atoms with Crippen LogP contribution in [0.2, 0.25) is 5.02 Å². The van der Waals surface area contributed by atoms with E-state index in [0.29, 0.717) is 23.0 Å². The zero-order chi connectivity index (χ0) is 12.5. The first-order chi connectivity index (χ1) is 8.01. The van der Waals surface area contributed by atoms with E-state index < -0.39 is 4.33 Å². The molecule has 0 aromatic heterocycles. The standard InChI is InChI=1S/C11H10Cl3NOS/c12-9-3-1-2-8(6-9)11(13,14)10(16)15-4-5-17-7-15/h1-3,6H,4-5,7H2. The molecule has 6 heteroatoms. The Labute approximate surface area is 119 Å². The van der Waals surface area contributed by atoms with Gasteiger partial charge in [0.25, 0.3) is 5.91 Å². The van der Waals surface area contributed by atoms with E-state index in [0.717, 1.165) is 5.75 Å². The van der Waals surface area contributed by atoms with Crippen LogP contribution in [0.5, 0.6) is 0 Å². The Balaban J connectivity index is 2.25. The minimum atomic E-state index is -1.56. The Kier molecular flexibility index (Phi) is 4.14. The summed E-state index contributed by atoms with van der Waals surface area (Å²) >= 11 is 19.9. The topological polar surface area (TPSA) is 20.3 Å². The van der Waals surface area contributed by atoms with Crippen LogP contribution in [0.1, 0.15) is 5.56 Å². The van der Waals surface area contributed by atoms with Crippen LogP contribution in [0.15, 0.2) is 24.3 Å². The first kappa shape index (κ1) is 13.3. The molecule has 92 valence electrons. The molecule has 0 atom stereocenters. The number of halogens is 3. The van der Waals surface area contributed by atoms with E-state index in [1.165, 1.54) is 0 Å². The minimum Gasteiger partial charge on any atom is -0.330 e. The number of hydrogen-bond donors (Lipinski definition) is 0. The number of nitrogens with zero attached hydrogens (tertiary/aromatic N) is 1. The predicted octanol–water partition coefficient (Wildman–Crippen LogP) is 3.50. The van der Waals surface area contributed by atoms with Crippen LogP contribution in [-0.2, 0) is 9.13 Å². The Morgan fingerprint density at radius 2 is 2.18 bits per heavy atom. The van der Waals surface area contributed by atoms with Gasteiger partial charge in [-0.25, -0.2) is 0 Å². The zero-order valence-corrected chi connectivity index (χ0v) is 11.9. The van der Waals surface area contributed by atoms with E-state index >= 15 is 0 Å². The maximum absolute atomic E-state index is 12.2. The molecule has 1 aliphatic heterocycles. The Bertz CT molecular complexity index is 432. The molecule has 1 aliphatic rings. The van der Waals surface area contributed by atoms with Gasteiger partial charge in [0.1, 0.15) is 0 Å². The molecule has 0 unspecified atom stereocenters. The van der Waals surface area contributed by atoms with Crippen molar-refractivity contribution in [2.24, 2.45) is 0 Å². The lowest BCUT2D eigenvalue weighted by Gasteiger charge is -2.25. The molecule has 0 saturated carbocycles. The van der Waals surface area contributed by atoms with Crippen molar-refractivity contribution >= 4 is 52.5 Å². The van der Waals surface area contributed by atoms with Gasteiger partial charge in [-0.3, -0.25) is 4.79 Å². The average Bonchev–Trinajstić information content (AvgIpc) is 2.81.